The maximum absolute atomic E-state index is 11.4. The molecular weight excluding hydrogens is 288 g/mol. The summed E-state index contributed by atoms with van der Waals surface area (Å²) in [5, 5.41) is 2.65. The highest BCUT2D eigenvalue weighted by Gasteiger charge is 2.13. The molecule has 1 aromatic carbocycles. The number of nitrogens with one attached hydrogen (secondary N) is 1. The Morgan fingerprint density at radius 1 is 1.30 bits per heavy atom. The first-order valence-corrected chi connectivity index (χ1v) is 7.78. The van der Waals surface area contributed by atoms with Gasteiger partial charge in [-0.2, -0.15) is 0 Å². The van der Waals surface area contributed by atoms with E-state index in [0.717, 1.165) is 17.0 Å². The Hall–Kier alpha value is -2.27. The van der Waals surface area contributed by atoms with Gasteiger partial charge in [-0.05, 0) is 27.0 Å². The fourth-order valence-electron chi connectivity index (χ4n) is 2.34. The van der Waals surface area contributed by atoms with Crippen molar-refractivity contribution in [2.24, 2.45) is 0 Å². The molecule has 0 saturated carbocycles. The summed E-state index contributed by atoms with van der Waals surface area (Å²) in [6.07, 6.45) is 4.19. The molecule has 0 bridgehead atoms. The summed E-state index contributed by atoms with van der Waals surface area (Å²) in [6.45, 7) is 4.81. The maximum atomic E-state index is 11.4. The van der Waals surface area contributed by atoms with Crippen molar-refractivity contribution in [1.29, 1.82) is 0 Å². The van der Waals surface area contributed by atoms with Crippen LogP contribution in [0.3, 0.4) is 0 Å². The fourth-order valence-corrected chi connectivity index (χ4v) is 2.34. The molecule has 5 heteroatoms. The number of carbonyl (C=O) groups is 1. The van der Waals surface area contributed by atoms with Crippen molar-refractivity contribution in [2.45, 2.75) is 32.9 Å². The number of aromatic nitrogens is 2. The predicted molar refractivity (Wildman–Crippen MR) is 91.8 cm³/mol. The number of carbonyl (C=O) groups excluding carboxylic acids is 1. The number of amides is 1. The number of rotatable bonds is 6. The minimum atomic E-state index is 0.0513. The summed E-state index contributed by atoms with van der Waals surface area (Å²) < 4.78 is 0. The molecule has 0 unspecified atom stereocenters. The molecule has 1 heterocycles. The van der Waals surface area contributed by atoms with Crippen LogP contribution in [-0.4, -0.2) is 40.9 Å². The Labute approximate surface area is 137 Å². The van der Waals surface area contributed by atoms with E-state index >= 15 is 0 Å². The molecule has 0 radical (unpaired) electrons. The van der Waals surface area contributed by atoms with Crippen molar-refractivity contribution in [2.75, 3.05) is 14.1 Å². The SMILES string of the molecule is CNC(=O)C[C@H](C)N(C)Cc1cnc(-c2cccc(C)c2)nc1. The first kappa shape index (κ1) is 17.1. The van der Waals surface area contributed by atoms with Crippen LogP contribution in [0.2, 0.25) is 0 Å². The van der Waals surface area contributed by atoms with Crippen LogP contribution >= 0.6 is 0 Å². The summed E-state index contributed by atoms with van der Waals surface area (Å²) in [6, 6.07) is 8.31. The van der Waals surface area contributed by atoms with Gasteiger partial charge < -0.3 is 5.32 Å². The largest absolute Gasteiger partial charge is 0.359 e. The second-order valence-electron chi connectivity index (χ2n) is 5.93. The van der Waals surface area contributed by atoms with Gasteiger partial charge in [0.1, 0.15) is 0 Å². The summed E-state index contributed by atoms with van der Waals surface area (Å²) >= 11 is 0. The van der Waals surface area contributed by atoms with Gasteiger partial charge in [0.15, 0.2) is 5.82 Å². The van der Waals surface area contributed by atoms with E-state index in [1.54, 1.807) is 7.05 Å². The lowest BCUT2D eigenvalue weighted by atomic mass is 10.1. The summed E-state index contributed by atoms with van der Waals surface area (Å²) in [5.74, 6) is 0.786. The Balaban J connectivity index is 2.01. The second-order valence-corrected chi connectivity index (χ2v) is 5.93. The Kier molecular flexibility index (Phi) is 5.82. The van der Waals surface area contributed by atoms with Crippen LogP contribution in [0.4, 0.5) is 0 Å². The third kappa shape index (κ3) is 4.86. The quantitative estimate of drug-likeness (QED) is 0.890. The third-order valence-corrected chi connectivity index (χ3v) is 3.93. The highest BCUT2D eigenvalue weighted by atomic mass is 16.1. The van der Waals surface area contributed by atoms with E-state index in [2.05, 4.69) is 39.2 Å². The first-order chi connectivity index (χ1) is 11.0. The monoisotopic (exact) mass is 312 g/mol. The third-order valence-electron chi connectivity index (χ3n) is 3.93. The van der Waals surface area contributed by atoms with Crippen molar-refractivity contribution in [3.8, 4) is 11.4 Å². The molecule has 0 aliphatic rings. The number of benzene rings is 1. The van der Waals surface area contributed by atoms with Crippen LogP contribution in [0.5, 0.6) is 0 Å². The van der Waals surface area contributed by atoms with Gasteiger partial charge in [0.05, 0.1) is 0 Å². The van der Waals surface area contributed by atoms with E-state index in [0.29, 0.717) is 13.0 Å². The molecule has 122 valence electrons. The van der Waals surface area contributed by atoms with Crippen LogP contribution in [-0.2, 0) is 11.3 Å². The summed E-state index contributed by atoms with van der Waals surface area (Å²) in [7, 11) is 3.66. The van der Waals surface area contributed by atoms with Crippen LogP contribution < -0.4 is 5.32 Å². The molecule has 0 aliphatic heterocycles. The first-order valence-electron chi connectivity index (χ1n) is 7.78. The zero-order valence-corrected chi connectivity index (χ0v) is 14.2. The molecule has 5 nitrogen and oxygen atoms in total. The average Bonchev–Trinajstić information content (AvgIpc) is 2.55. The normalized spacial score (nSPS) is 12.2. The highest BCUT2D eigenvalue weighted by molar-refractivity contribution is 5.76. The lowest BCUT2D eigenvalue weighted by molar-refractivity contribution is -0.121. The summed E-state index contributed by atoms with van der Waals surface area (Å²) in [5.41, 5.74) is 3.25. The lowest BCUT2D eigenvalue weighted by Gasteiger charge is -2.23. The van der Waals surface area contributed by atoms with E-state index in [1.165, 1.54) is 5.56 Å². The molecule has 23 heavy (non-hydrogen) atoms. The van der Waals surface area contributed by atoms with Crippen LogP contribution in [0.1, 0.15) is 24.5 Å². The Morgan fingerprint density at radius 3 is 2.61 bits per heavy atom. The zero-order chi connectivity index (χ0) is 16.8. The topological polar surface area (TPSA) is 58.1 Å². The smallest absolute Gasteiger partial charge is 0.221 e. The van der Waals surface area contributed by atoms with Crippen LogP contribution in [0.15, 0.2) is 36.7 Å². The van der Waals surface area contributed by atoms with Gasteiger partial charge in [-0.1, -0.05) is 23.8 Å². The number of hydrogen-bond donors (Lipinski definition) is 1. The van der Waals surface area contributed by atoms with Crippen molar-refractivity contribution in [1.82, 2.24) is 20.2 Å². The predicted octanol–water partition coefficient (Wildman–Crippen LogP) is 2.41. The number of aryl methyl sites for hydroxylation is 1. The maximum Gasteiger partial charge on any atom is 0.221 e. The van der Waals surface area contributed by atoms with Gasteiger partial charge in [-0.3, -0.25) is 9.69 Å². The lowest BCUT2D eigenvalue weighted by Crippen LogP contribution is -2.33. The van der Waals surface area contributed by atoms with Gasteiger partial charge in [0.25, 0.3) is 0 Å². The molecule has 1 aromatic heterocycles. The van der Waals surface area contributed by atoms with E-state index in [-0.39, 0.29) is 11.9 Å². The van der Waals surface area contributed by atoms with Gasteiger partial charge >= 0.3 is 0 Å². The minimum Gasteiger partial charge on any atom is -0.359 e. The Morgan fingerprint density at radius 2 is 2.00 bits per heavy atom. The molecule has 1 N–H and O–H groups in total. The molecule has 1 atom stereocenters. The standard InChI is InChI=1S/C18H24N4O/c1-13-6-5-7-16(8-13)18-20-10-15(11-21-18)12-22(4)14(2)9-17(23)19-3/h5-8,10-11,14H,9,12H2,1-4H3,(H,19,23)/t14-/m0/s1. The average molecular weight is 312 g/mol. The fraction of sp³-hybridized carbons (Fsp3) is 0.389. The van der Waals surface area contributed by atoms with E-state index < -0.39 is 0 Å². The van der Waals surface area contributed by atoms with Gasteiger partial charge in [-0.25, -0.2) is 9.97 Å². The van der Waals surface area contributed by atoms with Crippen LogP contribution in [0.25, 0.3) is 11.4 Å². The minimum absolute atomic E-state index is 0.0513. The van der Waals surface area contributed by atoms with Crippen molar-refractivity contribution < 1.29 is 4.79 Å². The van der Waals surface area contributed by atoms with Gasteiger partial charge in [0.2, 0.25) is 5.91 Å². The van der Waals surface area contributed by atoms with E-state index in [9.17, 15) is 4.79 Å². The highest BCUT2D eigenvalue weighted by Crippen LogP contribution is 2.16. The van der Waals surface area contributed by atoms with E-state index in [1.807, 2.05) is 38.5 Å². The molecule has 2 rings (SSSR count). The number of hydrogen-bond acceptors (Lipinski definition) is 4. The van der Waals surface area contributed by atoms with Crippen molar-refractivity contribution in [3.63, 3.8) is 0 Å². The Bertz CT molecular complexity index is 654. The molecular formula is C18H24N4O. The number of nitrogens with zero attached hydrogens (tertiary/aromatic N) is 3. The zero-order valence-electron chi connectivity index (χ0n) is 14.2. The summed E-state index contributed by atoms with van der Waals surface area (Å²) in [4.78, 5) is 22.5. The van der Waals surface area contributed by atoms with Crippen LogP contribution in [0, 0.1) is 6.92 Å². The van der Waals surface area contributed by atoms with Crippen molar-refractivity contribution >= 4 is 5.91 Å². The van der Waals surface area contributed by atoms with Gasteiger partial charge in [-0.15, -0.1) is 0 Å². The molecule has 0 aliphatic carbocycles. The van der Waals surface area contributed by atoms with Gasteiger partial charge in [0, 0.05) is 49.6 Å². The molecule has 2 aromatic rings. The second kappa shape index (κ2) is 7.83. The molecule has 1 amide bonds. The van der Waals surface area contributed by atoms with Crippen molar-refractivity contribution in [3.05, 3.63) is 47.8 Å². The molecule has 0 spiro atoms. The molecule has 0 fully saturated rings. The molecule has 0 saturated heterocycles. The van der Waals surface area contributed by atoms with E-state index in [4.69, 9.17) is 0 Å².